The Morgan fingerprint density at radius 1 is 1.38 bits per heavy atom. The van der Waals surface area contributed by atoms with Gasteiger partial charge in [-0.2, -0.15) is 5.10 Å². The van der Waals surface area contributed by atoms with E-state index in [9.17, 15) is 4.79 Å². The summed E-state index contributed by atoms with van der Waals surface area (Å²) >= 11 is 0. The van der Waals surface area contributed by atoms with Crippen LogP contribution in [0.2, 0.25) is 0 Å². The third-order valence-electron chi connectivity index (χ3n) is 1.30. The second-order valence-electron chi connectivity index (χ2n) is 2.27. The Hall–Kier alpha value is -1.84. The summed E-state index contributed by atoms with van der Waals surface area (Å²) in [5.41, 5.74) is 2.97. The number of amides is 2. The molecule has 0 saturated carbocycles. The zero-order valence-corrected chi connectivity index (χ0v) is 7.24. The normalized spacial score (nSPS) is 9.92. The molecule has 13 heavy (non-hydrogen) atoms. The van der Waals surface area contributed by atoms with Crippen LogP contribution in [0.4, 0.5) is 10.5 Å². The van der Waals surface area contributed by atoms with Crippen molar-refractivity contribution >= 4 is 17.9 Å². The number of anilines is 1. The van der Waals surface area contributed by atoms with Gasteiger partial charge in [-0.3, -0.25) is 0 Å². The highest BCUT2D eigenvalue weighted by Crippen LogP contribution is 2.03. The number of carbonyl (C=O) groups excluding carboxylic acids is 1. The van der Waals surface area contributed by atoms with Gasteiger partial charge in [-0.25, -0.2) is 10.2 Å². The topological polar surface area (TPSA) is 53.5 Å². The van der Waals surface area contributed by atoms with E-state index in [4.69, 9.17) is 0 Å². The molecule has 0 aliphatic carbocycles. The van der Waals surface area contributed by atoms with Gasteiger partial charge in [0, 0.05) is 5.69 Å². The third-order valence-corrected chi connectivity index (χ3v) is 1.30. The van der Waals surface area contributed by atoms with Crippen molar-refractivity contribution in [3.63, 3.8) is 0 Å². The van der Waals surface area contributed by atoms with Crippen LogP contribution >= 0.6 is 0 Å². The quantitative estimate of drug-likeness (QED) is 0.523. The van der Waals surface area contributed by atoms with Crippen LogP contribution in [0.15, 0.2) is 35.4 Å². The first kappa shape index (κ1) is 9.25. The molecule has 2 N–H and O–H groups in total. The minimum absolute atomic E-state index is 0.374. The third kappa shape index (κ3) is 3.37. The standard InChI is InChI=1S/C9H10N3O/c1-2-10-12-9(13)11-8-6-4-3-5-7-8/h3-7H,1H3,(H2,11,12,13). The zero-order chi connectivity index (χ0) is 9.52. The van der Waals surface area contributed by atoms with E-state index < -0.39 is 0 Å². The number of benzene rings is 1. The first-order valence-electron chi connectivity index (χ1n) is 3.81. The van der Waals surface area contributed by atoms with Crippen LogP contribution in [-0.2, 0) is 0 Å². The summed E-state index contributed by atoms with van der Waals surface area (Å²) < 4.78 is 0. The Kier molecular flexibility index (Phi) is 3.50. The molecule has 0 saturated heterocycles. The Morgan fingerprint density at radius 3 is 2.69 bits per heavy atom. The first-order valence-corrected chi connectivity index (χ1v) is 3.81. The maximum absolute atomic E-state index is 11.0. The molecule has 0 spiro atoms. The van der Waals surface area contributed by atoms with Crippen molar-refractivity contribution < 1.29 is 4.79 Å². The van der Waals surface area contributed by atoms with Gasteiger partial charge in [-0.1, -0.05) is 18.2 Å². The zero-order valence-electron chi connectivity index (χ0n) is 7.24. The molecule has 1 aromatic carbocycles. The lowest BCUT2D eigenvalue weighted by molar-refractivity contribution is 0.252. The van der Waals surface area contributed by atoms with Crippen molar-refractivity contribution in [1.29, 1.82) is 0 Å². The van der Waals surface area contributed by atoms with E-state index in [1.807, 2.05) is 18.2 Å². The van der Waals surface area contributed by atoms with Crippen molar-refractivity contribution in [2.75, 3.05) is 5.32 Å². The molecule has 0 aliphatic rings. The van der Waals surface area contributed by atoms with Gasteiger partial charge in [0.1, 0.15) is 0 Å². The van der Waals surface area contributed by atoms with Gasteiger partial charge in [-0.15, -0.1) is 0 Å². The number of carbonyl (C=O) groups is 1. The summed E-state index contributed by atoms with van der Waals surface area (Å²) in [6.07, 6.45) is 2.44. The molecule has 1 radical (unpaired) electrons. The predicted molar refractivity (Wildman–Crippen MR) is 51.7 cm³/mol. The van der Waals surface area contributed by atoms with Gasteiger partial charge >= 0.3 is 6.03 Å². The summed E-state index contributed by atoms with van der Waals surface area (Å²) in [5.74, 6) is 0. The Balaban J connectivity index is 2.46. The van der Waals surface area contributed by atoms with Gasteiger partial charge in [0.15, 0.2) is 0 Å². The van der Waals surface area contributed by atoms with Gasteiger partial charge in [0.05, 0.1) is 6.21 Å². The summed E-state index contributed by atoms with van der Waals surface area (Å²) in [4.78, 5) is 11.0. The van der Waals surface area contributed by atoms with E-state index in [1.165, 1.54) is 0 Å². The molecule has 0 aromatic heterocycles. The van der Waals surface area contributed by atoms with E-state index in [1.54, 1.807) is 19.1 Å². The van der Waals surface area contributed by atoms with Crippen LogP contribution in [0.3, 0.4) is 0 Å². The number of para-hydroxylation sites is 1. The fraction of sp³-hybridized carbons (Fsp3) is 0.111. The van der Waals surface area contributed by atoms with Crippen LogP contribution in [0.25, 0.3) is 0 Å². The number of rotatable bonds is 2. The summed E-state index contributed by atoms with van der Waals surface area (Å²) in [6, 6.07) is 8.76. The Morgan fingerprint density at radius 2 is 2.08 bits per heavy atom. The monoisotopic (exact) mass is 176 g/mol. The summed E-state index contributed by atoms with van der Waals surface area (Å²) in [7, 11) is 0. The Labute approximate surface area is 76.7 Å². The van der Waals surface area contributed by atoms with Gasteiger partial charge in [-0.05, 0) is 19.1 Å². The highest BCUT2D eigenvalue weighted by Gasteiger charge is 1.96. The lowest BCUT2D eigenvalue weighted by Crippen LogP contribution is -2.23. The van der Waals surface area contributed by atoms with Gasteiger partial charge in [0.25, 0.3) is 0 Å². The van der Waals surface area contributed by atoms with Crippen LogP contribution in [-0.4, -0.2) is 12.2 Å². The molecule has 0 atom stereocenters. The SMILES string of the molecule is C/[C]=N\NC(=O)Nc1ccccc1. The van der Waals surface area contributed by atoms with Crippen molar-refractivity contribution in [2.45, 2.75) is 6.92 Å². The minimum atomic E-state index is -0.374. The number of hydrazone groups is 1. The highest BCUT2D eigenvalue weighted by molar-refractivity contribution is 5.89. The second-order valence-corrected chi connectivity index (χ2v) is 2.27. The Bertz CT molecular complexity index is 295. The van der Waals surface area contributed by atoms with Crippen molar-refractivity contribution in [3.8, 4) is 0 Å². The maximum atomic E-state index is 11.0. The fourth-order valence-electron chi connectivity index (χ4n) is 0.787. The van der Waals surface area contributed by atoms with E-state index in [0.29, 0.717) is 0 Å². The molecule has 2 amide bonds. The first-order chi connectivity index (χ1) is 6.33. The van der Waals surface area contributed by atoms with Crippen LogP contribution in [0.1, 0.15) is 6.92 Å². The maximum Gasteiger partial charge on any atom is 0.339 e. The molecular weight excluding hydrogens is 166 g/mol. The smallest absolute Gasteiger partial charge is 0.307 e. The van der Waals surface area contributed by atoms with E-state index in [0.717, 1.165) is 5.69 Å². The molecule has 67 valence electrons. The van der Waals surface area contributed by atoms with Crippen LogP contribution < -0.4 is 10.7 Å². The molecule has 0 fully saturated rings. The van der Waals surface area contributed by atoms with E-state index in [2.05, 4.69) is 22.1 Å². The molecule has 0 heterocycles. The largest absolute Gasteiger partial charge is 0.339 e. The predicted octanol–water partition coefficient (Wildman–Crippen LogP) is 1.69. The van der Waals surface area contributed by atoms with E-state index >= 15 is 0 Å². The van der Waals surface area contributed by atoms with Crippen LogP contribution in [0.5, 0.6) is 0 Å². The lowest BCUT2D eigenvalue weighted by atomic mass is 10.3. The van der Waals surface area contributed by atoms with E-state index in [-0.39, 0.29) is 6.03 Å². The average molecular weight is 176 g/mol. The number of nitrogens with one attached hydrogen (secondary N) is 2. The second kappa shape index (κ2) is 4.92. The summed E-state index contributed by atoms with van der Waals surface area (Å²) in [5, 5.41) is 6.05. The van der Waals surface area contributed by atoms with Crippen LogP contribution in [0, 0.1) is 0 Å². The summed E-state index contributed by atoms with van der Waals surface area (Å²) in [6.45, 7) is 1.60. The molecular formula is C9H10N3O. The van der Waals surface area contributed by atoms with Gasteiger partial charge in [0.2, 0.25) is 0 Å². The molecule has 0 aliphatic heterocycles. The number of hydrogen-bond acceptors (Lipinski definition) is 2. The van der Waals surface area contributed by atoms with Crippen molar-refractivity contribution in [2.24, 2.45) is 5.10 Å². The molecule has 1 rings (SSSR count). The molecule has 4 nitrogen and oxygen atoms in total. The highest BCUT2D eigenvalue weighted by atomic mass is 16.2. The number of nitrogens with zero attached hydrogens (tertiary/aromatic N) is 1. The van der Waals surface area contributed by atoms with Crippen molar-refractivity contribution in [3.05, 3.63) is 30.3 Å². The molecule has 0 unspecified atom stereocenters. The lowest BCUT2D eigenvalue weighted by Gasteiger charge is -2.02. The molecule has 4 heteroatoms. The number of hydrogen-bond donors (Lipinski definition) is 2. The van der Waals surface area contributed by atoms with Gasteiger partial charge < -0.3 is 5.32 Å². The minimum Gasteiger partial charge on any atom is -0.307 e. The number of urea groups is 1. The fourth-order valence-corrected chi connectivity index (χ4v) is 0.787. The molecule has 1 aromatic rings. The molecule has 0 bridgehead atoms. The van der Waals surface area contributed by atoms with Crippen molar-refractivity contribution in [1.82, 2.24) is 5.43 Å². The average Bonchev–Trinajstić information content (AvgIpc) is 2.16.